The molecule has 1 aromatic carbocycles. The van der Waals surface area contributed by atoms with Crippen LogP contribution in [0.15, 0.2) is 30.3 Å². The molecule has 0 heterocycles. The Morgan fingerprint density at radius 3 is 2.56 bits per heavy atom. The van der Waals surface area contributed by atoms with Gasteiger partial charge in [-0.25, -0.2) is 0 Å². The first kappa shape index (κ1) is 12.1. The van der Waals surface area contributed by atoms with E-state index < -0.39 is 0 Å². The molecule has 3 atom stereocenters. The fourth-order valence-electron chi connectivity index (χ4n) is 2.27. The Balaban J connectivity index is 1.94. The fraction of sp³-hybridized carbons (Fsp3) is 0.571. The zero-order chi connectivity index (χ0) is 11.4. The van der Waals surface area contributed by atoms with Gasteiger partial charge in [-0.15, -0.1) is 0 Å². The van der Waals surface area contributed by atoms with E-state index in [1.807, 2.05) is 6.07 Å². The lowest BCUT2D eigenvalue weighted by molar-refractivity contribution is -0.0173. The number of benzene rings is 1. The molecule has 88 valence electrons. The summed E-state index contributed by atoms with van der Waals surface area (Å²) in [6.45, 7) is 2.14. The van der Waals surface area contributed by atoms with Crippen molar-refractivity contribution in [1.29, 1.82) is 0 Å². The maximum Gasteiger partial charge on any atom is 0.0801 e. The summed E-state index contributed by atoms with van der Waals surface area (Å²) in [6.07, 6.45) is 5.64. The molecule has 0 saturated heterocycles. The molecule has 1 nitrogen and oxygen atoms in total. The molecule has 0 radical (unpaired) electrons. The van der Waals surface area contributed by atoms with Crippen LogP contribution in [0.2, 0.25) is 0 Å². The summed E-state index contributed by atoms with van der Waals surface area (Å²) < 4.78 is 6.14. The van der Waals surface area contributed by atoms with Crippen molar-refractivity contribution in [3.63, 3.8) is 0 Å². The summed E-state index contributed by atoms with van der Waals surface area (Å²) in [6, 6.07) is 10.5. The first-order chi connectivity index (χ1) is 7.77. The monoisotopic (exact) mass is 282 g/mol. The van der Waals surface area contributed by atoms with Gasteiger partial charge in [0.25, 0.3) is 0 Å². The highest BCUT2D eigenvalue weighted by Gasteiger charge is 2.25. The van der Waals surface area contributed by atoms with Crippen molar-refractivity contribution >= 4 is 15.9 Å². The van der Waals surface area contributed by atoms with Crippen molar-refractivity contribution in [3.05, 3.63) is 35.9 Å². The highest BCUT2D eigenvalue weighted by molar-refractivity contribution is 9.09. The maximum atomic E-state index is 6.14. The van der Waals surface area contributed by atoms with Crippen LogP contribution in [0.5, 0.6) is 0 Å². The van der Waals surface area contributed by atoms with Crippen LogP contribution >= 0.6 is 15.9 Å². The number of hydrogen-bond acceptors (Lipinski definition) is 1. The first-order valence-electron chi connectivity index (χ1n) is 6.12. The average Bonchev–Trinajstić information content (AvgIpc) is 2.33. The van der Waals surface area contributed by atoms with Gasteiger partial charge in [0, 0.05) is 4.83 Å². The first-order valence-corrected chi connectivity index (χ1v) is 7.03. The predicted molar refractivity (Wildman–Crippen MR) is 70.9 cm³/mol. The molecule has 0 amide bonds. The Kier molecular flexibility index (Phi) is 4.42. The lowest BCUT2D eigenvalue weighted by Crippen LogP contribution is -2.28. The van der Waals surface area contributed by atoms with Gasteiger partial charge < -0.3 is 4.74 Å². The third-order valence-electron chi connectivity index (χ3n) is 3.27. The number of hydrogen-bond donors (Lipinski definition) is 0. The number of rotatable bonds is 3. The van der Waals surface area contributed by atoms with Crippen molar-refractivity contribution in [2.75, 3.05) is 0 Å². The standard InChI is InChI=1S/C14H19BrO/c1-11(12-7-3-2-4-8-12)16-14-10-6-5-9-13(14)15/h2-4,7-8,11,13-14H,5-6,9-10H2,1H3. The molecule has 1 fully saturated rings. The van der Waals surface area contributed by atoms with Crippen molar-refractivity contribution in [2.45, 2.75) is 49.6 Å². The molecule has 3 unspecified atom stereocenters. The Morgan fingerprint density at radius 2 is 1.88 bits per heavy atom. The molecular formula is C14H19BrO. The second-order valence-electron chi connectivity index (χ2n) is 4.53. The van der Waals surface area contributed by atoms with Crippen molar-refractivity contribution in [3.8, 4) is 0 Å². The number of ether oxygens (including phenoxy) is 1. The maximum absolute atomic E-state index is 6.14. The van der Waals surface area contributed by atoms with E-state index >= 15 is 0 Å². The predicted octanol–water partition coefficient (Wildman–Crippen LogP) is 4.47. The lowest BCUT2D eigenvalue weighted by atomic mass is 9.97. The second kappa shape index (κ2) is 5.83. The van der Waals surface area contributed by atoms with Crippen LogP contribution in [0.1, 0.15) is 44.3 Å². The number of halogens is 1. The largest absolute Gasteiger partial charge is 0.369 e. The van der Waals surface area contributed by atoms with E-state index in [1.165, 1.54) is 31.2 Å². The molecule has 0 spiro atoms. The Labute approximate surface area is 106 Å². The Bertz CT molecular complexity index is 312. The van der Waals surface area contributed by atoms with E-state index in [4.69, 9.17) is 4.74 Å². The van der Waals surface area contributed by atoms with Crippen LogP contribution in [-0.2, 0) is 4.74 Å². The topological polar surface area (TPSA) is 9.23 Å². The molecule has 0 N–H and O–H groups in total. The van der Waals surface area contributed by atoms with E-state index in [0.717, 1.165) is 0 Å². The van der Waals surface area contributed by atoms with E-state index in [1.54, 1.807) is 0 Å². The molecule has 2 rings (SSSR count). The van der Waals surface area contributed by atoms with Crippen LogP contribution in [0.25, 0.3) is 0 Å². The molecule has 16 heavy (non-hydrogen) atoms. The van der Waals surface area contributed by atoms with E-state index in [0.29, 0.717) is 10.9 Å². The number of alkyl halides is 1. The highest BCUT2D eigenvalue weighted by atomic mass is 79.9. The van der Waals surface area contributed by atoms with Crippen LogP contribution in [-0.4, -0.2) is 10.9 Å². The van der Waals surface area contributed by atoms with Crippen molar-refractivity contribution < 1.29 is 4.74 Å². The summed E-state index contributed by atoms with van der Waals surface area (Å²) in [5.41, 5.74) is 1.27. The van der Waals surface area contributed by atoms with Crippen molar-refractivity contribution in [1.82, 2.24) is 0 Å². The smallest absolute Gasteiger partial charge is 0.0801 e. The summed E-state index contributed by atoms with van der Waals surface area (Å²) >= 11 is 3.73. The average molecular weight is 283 g/mol. The molecule has 0 bridgehead atoms. The zero-order valence-electron chi connectivity index (χ0n) is 9.73. The Hall–Kier alpha value is -0.340. The summed E-state index contributed by atoms with van der Waals surface area (Å²) in [7, 11) is 0. The van der Waals surface area contributed by atoms with Gasteiger partial charge in [-0.05, 0) is 25.3 Å². The summed E-state index contributed by atoms with van der Waals surface area (Å²) in [5, 5.41) is 0. The van der Waals surface area contributed by atoms with Gasteiger partial charge >= 0.3 is 0 Å². The zero-order valence-corrected chi connectivity index (χ0v) is 11.3. The Morgan fingerprint density at radius 1 is 1.19 bits per heavy atom. The molecule has 0 aliphatic heterocycles. The van der Waals surface area contributed by atoms with Gasteiger partial charge in [0.2, 0.25) is 0 Å². The quantitative estimate of drug-likeness (QED) is 0.744. The van der Waals surface area contributed by atoms with Gasteiger partial charge in [-0.1, -0.05) is 59.1 Å². The third kappa shape index (κ3) is 3.08. The van der Waals surface area contributed by atoms with Crippen LogP contribution in [0.4, 0.5) is 0 Å². The molecule has 2 heteroatoms. The van der Waals surface area contributed by atoms with Crippen LogP contribution in [0, 0.1) is 0 Å². The SMILES string of the molecule is CC(OC1CCCCC1Br)c1ccccc1. The van der Waals surface area contributed by atoms with E-state index in [2.05, 4.69) is 47.1 Å². The second-order valence-corrected chi connectivity index (χ2v) is 5.70. The minimum absolute atomic E-state index is 0.198. The van der Waals surface area contributed by atoms with E-state index in [-0.39, 0.29) is 6.10 Å². The fourth-order valence-corrected chi connectivity index (χ4v) is 2.98. The van der Waals surface area contributed by atoms with Crippen LogP contribution < -0.4 is 0 Å². The summed E-state index contributed by atoms with van der Waals surface area (Å²) in [4.78, 5) is 0.535. The minimum atomic E-state index is 0.198. The molecule has 1 saturated carbocycles. The molecule has 1 aliphatic rings. The van der Waals surface area contributed by atoms with Crippen LogP contribution in [0.3, 0.4) is 0 Å². The van der Waals surface area contributed by atoms with Gasteiger partial charge in [-0.3, -0.25) is 0 Å². The van der Waals surface area contributed by atoms with Gasteiger partial charge in [0.05, 0.1) is 12.2 Å². The van der Waals surface area contributed by atoms with Crippen molar-refractivity contribution in [2.24, 2.45) is 0 Å². The molecule has 0 aromatic heterocycles. The molecular weight excluding hydrogens is 264 g/mol. The highest BCUT2D eigenvalue weighted by Crippen LogP contribution is 2.30. The lowest BCUT2D eigenvalue weighted by Gasteiger charge is -2.30. The molecule has 1 aromatic rings. The van der Waals surface area contributed by atoms with Gasteiger partial charge in [0.15, 0.2) is 0 Å². The normalized spacial score (nSPS) is 27.6. The third-order valence-corrected chi connectivity index (χ3v) is 4.32. The van der Waals surface area contributed by atoms with E-state index in [9.17, 15) is 0 Å². The molecule has 1 aliphatic carbocycles. The summed E-state index contributed by atoms with van der Waals surface area (Å²) in [5.74, 6) is 0. The van der Waals surface area contributed by atoms with Gasteiger partial charge in [0.1, 0.15) is 0 Å². The minimum Gasteiger partial charge on any atom is -0.369 e. The van der Waals surface area contributed by atoms with Gasteiger partial charge in [-0.2, -0.15) is 0 Å².